The summed E-state index contributed by atoms with van der Waals surface area (Å²) < 4.78 is 42.0. The van der Waals surface area contributed by atoms with Gasteiger partial charge in [0, 0.05) is 12.1 Å². The molecule has 0 unspecified atom stereocenters. The average Bonchev–Trinajstić information content (AvgIpc) is 3.10. The third-order valence-electron chi connectivity index (χ3n) is 4.65. The Kier molecular flexibility index (Phi) is 5.77. The quantitative estimate of drug-likeness (QED) is 0.422. The Morgan fingerprint density at radius 2 is 1.68 bits per heavy atom. The first-order valence-electron chi connectivity index (χ1n) is 9.38. The summed E-state index contributed by atoms with van der Waals surface area (Å²) in [4.78, 5) is 16.9. The third kappa shape index (κ3) is 4.46. The highest BCUT2D eigenvalue weighted by molar-refractivity contribution is 9.10. The van der Waals surface area contributed by atoms with Crippen molar-refractivity contribution in [3.8, 4) is 11.3 Å². The van der Waals surface area contributed by atoms with Crippen molar-refractivity contribution in [2.45, 2.75) is 12.6 Å². The summed E-state index contributed by atoms with van der Waals surface area (Å²) in [6.45, 7) is 0.317. The molecular weight excluding hydrogens is 473 g/mol. The molecule has 0 radical (unpaired) electrons. The van der Waals surface area contributed by atoms with Crippen LogP contribution in [-0.2, 0) is 12.6 Å². The van der Waals surface area contributed by atoms with Gasteiger partial charge < -0.3 is 5.32 Å². The number of fused-ring (bicyclic) bond motifs is 1. The number of halogens is 4. The van der Waals surface area contributed by atoms with Crippen LogP contribution in [-0.4, -0.2) is 27.0 Å². The first kappa shape index (κ1) is 21.0. The summed E-state index contributed by atoms with van der Waals surface area (Å²) in [5, 5.41) is 6.61. The van der Waals surface area contributed by atoms with Gasteiger partial charge in [-0.25, -0.2) is 9.50 Å². The van der Waals surface area contributed by atoms with Gasteiger partial charge in [-0.2, -0.15) is 18.3 Å². The number of alkyl halides is 3. The van der Waals surface area contributed by atoms with Crippen LogP contribution in [0.2, 0.25) is 0 Å². The molecule has 2 heterocycles. The van der Waals surface area contributed by atoms with E-state index in [0.717, 1.165) is 11.6 Å². The Morgan fingerprint density at radius 3 is 2.32 bits per heavy atom. The molecule has 0 saturated heterocycles. The van der Waals surface area contributed by atoms with Crippen molar-refractivity contribution in [1.29, 1.82) is 0 Å². The summed E-state index contributed by atoms with van der Waals surface area (Å²) in [6.07, 6.45) is -4.10. The molecule has 31 heavy (non-hydrogen) atoms. The molecule has 5 nitrogen and oxygen atoms in total. The zero-order chi connectivity index (χ0) is 22.0. The fraction of sp³-hybridized carbons (Fsp3) is 0.136. The minimum atomic E-state index is -4.68. The van der Waals surface area contributed by atoms with Crippen LogP contribution in [0, 0.1) is 0 Å². The van der Waals surface area contributed by atoms with E-state index in [9.17, 15) is 18.0 Å². The summed E-state index contributed by atoms with van der Waals surface area (Å²) in [6, 6.07) is 19.0. The van der Waals surface area contributed by atoms with Crippen LogP contribution in [0.15, 0.2) is 71.2 Å². The molecule has 0 aliphatic rings. The van der Waals surface area contributed by atoms with Crippen molar-refractivity contribution in [3.63, 3.8) is 0 Å². The predicted molar refractivity (Wildman–Crippen MR) is 114 cm³/mol. The molecule has 9 heteroatoms. The first-order valence-corrected chi connectivity index (χ1v) is 10.2. The SMILES string of the molecule is O=C(NCCc1ccccc1)c1nn2c(C(F)(F)F)cc(-c3ccccc3)nc2c1Br. The van der Waals surface area contributed by atoms with Crippen molar-refractivity contribution < 1.29 is 18.0 Å². The van der Waals surface area contributed by atoms with E-state index in [4.69, 9.17) is 0 Å². The lowest BCUT2D eigenvalue weighted by molar-refractivity contribution is -0.142. The number of aromatic nitrogens is 3. The molecular formula is C22H16BrF3N4O. The van der Waals surface area contributed by atoms with E-state index in [1.165, 1.54) is 0 Å². The van der Waals surface area contributed by atoms with Gasteiger partial charge in [-0.15, -0.1) is 0 Å². The van der Waals surface area contributed by atoms with Gasteiger partial charge in [0.1, 0.15) is 0 Å². The number of carbonyl (C=O) groups is 1. The molecule has 158 valence electrons. The largest absolute Gasteiger partial charge is 0.433 e. The number of nitrogens with one attached hydrogen (secondary N) is 1. The summed E-state index contributed by atoms with van der Waals surface area (Å²) in [5.41, 5.74) is 0.443. The molecule has 0 aliphatic heterocycles. The Hall–Kier alpha value is -3.20. The highest BCUT2D eigenvalue weighted by atomic mass is 79.9. The van der Waals surface area contributed by atoms with Gasteiger partial charge in [-0.05, 0) is 34.0 Å². The lowest BCUT2D eigenvalue weighted by atomic mass is 10.1. The van der Waals surface area contributed by atoms with Crippen molar-refractivity contribution in [2.75, 3.05) is 6.54 Å². The van der Waals surface area contributed by atoms with Crippen LogP contribution in [0.5, 0.6) is 0 Å². The summed E-state index contributed by atoms with van der Waals surface area (Å²) in [7, 11) is 0. The topological polar surface area (TPSA) is 59.3 Å². The molecule has 1 N–H and O–H groups in total. The minimum Gasteiger partial charge on any atom is -0.350 e. The standard InChI is InChI=1S/C22H16BrF3N4O/c23-18-19(21(31)27-12-11-14-7-3-1-4-8-14)29-30-17(22(24,25)26)13-16(28-20(18)30)15-9-5-2-6-10-15/h1-10,13H,11-12H2,(H,27,31). The zero-order valence-electron chi connectivity index (χ0n) is 16.0. The maximum absolute atomic E-state index is 13.7. The van der Waals surface area contributed by atoms with Gasteiger partial charge >= 0.3 is 6.18 Å². The van der Waals surface area contributed by atoms with Crippen LogP contribution in [0.25, 0.3) is 16.9 Å². The van der Waals surface area contributed by atoms with Gasteiger partial charge in [0.2, 0.25) is 0 Å². The molecule has 0 aliphatic carbocycles. The molecule has 2 aromatic heterocycles. The van der Waals surface area contributed by atoms with E-state index >= 15 is 0 Å². The second-order valence-corrected chi connectivity index (χ2v) is 7.57. The van der Waals surface area contributed by atoms with Crippen LogP contribution >= 0.6 is 15.9 Å². The lowest BCUT2D eigenvalue weighted by Gasteiger charge is -2.11. The Balaban J connectivity index is 1.69. The van der Waals surface area contributed by atoms with Gasteiger partial charge in [0.25, 0.3) is 5.91 Å². The van der Waals surface area contributed by atoms with Crippen molar-refractivity contribution >= 4 is 27.5 Å². The molecule has 0 atom stereocenters. The van der Waals surface area contributed by atoms with E-state index in [-0.39, 0.29) is 21.5 Å². The maximum atomic E-state index is 13.7. The second kappa shape index (κ2) is 8.50. The maximum Gasteiger partial charge on any atom is 0.433 e. The van der Waals surface area contributed by atoms with Crippen molar-refractivity contribution in [3.05, 3.63) is 88.2 Å². The molecule has 0 bridgehead atoms. The molecule has 1 amide bonds. The number of nitrogens with zero attached hydrogens (tertiary/aromatic N) is 3. The normalized spacial score (nSPS) is 11.6. The number of amides is 1. The Morgan fingerprint density at radius 1 is 1.03 bits per heavy atom. The van der Waals surface area contributed by atoms with Crippen LogP contribution in [0.3, 0.4) is 0 Å². The highest BCUT2D eigenvalue weighted by Crippen LogP contribution is 2.34. The Labute approximate surface area is 184 Å². The number of rotatable bonds is 5. The van der Waals surface area contributed by atoms with E-state index < -0.39 is 17.8 Å². The number of hydrogen-bond donors (Lipinski definition) is 1. The fourth-order valence-corrected chi connectivity index (χ4v) is 3.66. The van der Waals surface area contributed by atoms with Gasteiger partial charge in [0.05, 0.1) is 10.2 Å². The number of hydrogen-bond acceptors (Lipinski definition) is 3. The summed E-state index contributed by atoms with van der Waals surface area (Å²) in [5.74, 6) is -0.581. The fourth-order valence-electron chi connectivity index (χ4n) is 3.14. The van der Waals surface area contributed by atoms with E-state index in [2.05, 4.69) is 31.3 Å². The van der Waals surface area contributed by atoms with Crippen LogP contribution in [0.4, 0.5) is 13.2 Å². The number of carbonyl (C=O) groups excluding carboxylic acids is 1. The van der Waals surface area contributed by atoms with E-state index in [1.54, 1.807) is 30.3 Å². The molecule has 0 saturated carbocycles. The first-order chi connectivity index (χ1) is 14.8. The zero-order valence-corrected chi connectivity index (χ0v) is 17.6. The van der Waals surface area contributed by atoms with Crippen molar-refractivity contribution in [1.82, 2.24) is 19.9 Å². The minimum absolute atomic E-state index is 0.0816. The molecule has 0 fully saturated rings. The number of benzene rings is 2. The van der Waals surface area contributed by atoms with Crippen LogP contribution in [0.1, 0.15) is 21.7 Å². The Bertz CT molecular complexity index is 1220. The summed E-state index contributed by atoms with van der Waals surface area (Å²) >= 11 is 3.22. The van der Waals surface area contributed by atoms with Crippen molar-refractivity contribution in [2.24, 2.45) is 0 Å². The van der Waals surface area contributed by atoms with E-state index in [0.29, 0.717) is 23.0 Å². The van der Waals surface area contributed by atoms with E-state index in [1.807, 2.05) is 30.3 Å². The van der Waals surface area contributed by atoms with Gasteiger partial charge in [0.15, 0.2) is 17.0 Å². The highest BCUT2D eigenvalue weighted by Gasteiger charge is 2.36. The van der Waals surface area contributed by atoms with Gasteiger partial charge in [-0.3, -0.25) is 4.79 Å². The third-order valence-corrected chi connectivity index (χ3v) is 5.38. The van der Waals surface area contributed by atoms with Crippen LogP contribution < -0.4 is 5.32 Å². The second-order valence-electron chi connectivity index (χ2n) is 6.78. The molecule has 4 rings (SSSR count). The molecule has 2 aromatic carbocycles. The average molecular weight is 489 g/mol. The smallest absolute Gasteiger partial charge is 0.350 e. The predicted octanol–water partition coefficient (Wildman–Crippen LogP) is 5.15. The molecule has 0 spiro atoms. The molecule has 4 aromatic rings. The lowest BCUT2D eigenvalue weighted by Crippen LogP contribution is -2.26. The van der Waals surface area contributed by atoms with Gasteiger partial charge in [-0.1, -0.05) is 60.7 Å². The monoisotopic (exact) mass is 488 g/mol.